The van der Waals surface area contributed by atoms with Gasteiger partial charge in [0, 0.05) is 11.6 Å². The SMILES string of the molecule is COc1cc([O-])c(C(=O)c2c(C)cc(O)cc2OC)c([O-])c1Cl. The van der Waals surface area contributed by atoms with Crippen molar-refractivity contribution in [2.24, 2.45) is 0 Å². The number of aromatic hydroxyl groups is 1. The molecule has 0 aliphatic rings. The summed E-state index contributed by atoms with van der Waals surface area (Å²) >= 11 is 5.84. The van der Waals surface area contributed by atoms with E-state index in [0.717, 1.165) is 6.07 Å². The molecular formula is C16H13ClO6-2. The second-order valence-electron chi connectivity index (χ2n) is 4.76. The van der Waals surface area contributed by atoms with E-state index in [9.17, 15) is 20.1 Å². The zero-order valence-corrected chi connectivity index (χ0v) is 13.4. The van der Waals surface area contributed by atoms with Crippen LogP contribution in [-0.2, 0) is 0 Å². The average molecular weight is 337 g/mol. The van der Waals surface area contributed by atoms with Crippen LogP contribution in [-0.4, -0.2) is 25.1 Å². The standard InChI is InChI=1S/C16H15ClO6/c1-7-4-8(18)5-10(22-2)12(7)15(20)13-9(19)6-11(23-3)14(17)16(13)21/h4-6,18-19,21H,1-3H3/p-2. The van der Waals surface area contributed by atoms with Crippen molar-refractivity contribution in [2.75, 3.05) is 14.2 Å². The van der Waals surface area contributed by atoms with Gasteiger partial charge < -0.3 is 24.8 Å². The van der Waals surface area contributed by atoms with Gasteiger partial charge in [-0.15, -0.1) is 0 Å². The van der Waals surface area contributed by atoms with Gasteiger partial charge in [-0.3, -0.25) is 4.79 Å². The zero-order valence-electron chi connectivity index (χ0n) is 12.6. The van der Waals surface area contributed by atoms with E-state index in [0.29, 0.717) is 5.56 Å². The summed E-state index contributed by atoms with van der Waals surface area (Å²) in [7, 11) is 2.57. The number of methoxy groups -OCH3 is 2. The molecule has 0 radical (unpaired) electrons. The maximum absolute atomic E-state index is 12.7. The Morgan fingerprint density at radius 1 is 1.09 bits per heavy atom. The average Bonchev–Trinajstić information content (AvgIpc) is 2.49. The van der Waals surface area contributed by atoms with E-state index in [1.54, 1.807) is 6.92 Å². The minimum Gasteiger partial charge on any atom is -0.872 e. The Balaban J connectivity index is 2.70. The number of carbonyl (C=O) groups is 1. The number of rotatable bonds is 4. The molecule has 0 fully saturated rings. The molecule has 7 heteroatoms. The summed E-state index contributed by atoms with van der Waals surface area (Å²) in [6.07, 6.45) is 0. The number of ether oxygens (including phenoxy) is 2. The first-order valence-electron chi connectivity index (χ1n) is 6.48. The Morgan fingerprint density at radius 3 is 2.26 bits per heavy atom. The van der Waals surface area contributed by atoms with Gasteiger partial charge in [-0.1, -0.05) is 23.1 Å². The number of hydrogen-bond acceptors (Lipinski definition) is 6. The van der Waals surface area contributed by atoms with Crippen LogP contribution in [0.15, 0.2) is 18.2 Å². The minimum atomic E-state index is -0.907. The van der Waals surface area contributed by atoms with Gasteiger partial charge in [0.05, 0.1) is 24.8 Å². The maximum Gasteiger partial charge on any atom is 0.195 e. The molecule has 2 aromatic rings. The number of ketones is 1. The number of carbonyl (C=O) groups excluding carboxylic acids is 1. The van der Waals surface area contributed by atoms with Crippen LogP contribution in [0.25, 0.3) is 0 Å². The molecule has 0 saturated heterocycles. The van der Waals surface area contributed by atoms with Crippen molar-refractivity contribution >= 4 is 17.4 Å². The predicted octanol–water partition coefficient (Wildman–Crippen LogP) is 1.75. The van der Waals surface area contributed by atoms with E-state index < -0.39 is 22.8 Å². The first-order valence-corrected chi connectivity index (χ1v) is 6.86. The molecule has 0 atom stereocenters. The Hall–Kier alpha value is -2.60. The van der Waals surface area contributed by atoms with Gasteiger partial charge in [-0.2, -0.15) is 0 Å². The highest BCUT2D eigenvalue weighted by molar-refractivity contribution is 6.34. The Bertz CT molecular complexity index is 785. The highest BCUT2D eigenvalue weighted by atomic mass is 35.5. The lowest BCUT2D eigenvalue weighted by Gasteiger charge is -2.24. The van der Waals surface area contributed by atoms with Crippen LogP contribution in [0.5, 0.6) is 28.7 Å². The van der Waals surface area contributed by atoms with E-state index in [4.69, 9.17) is 21.1 Å². The van der Waals surface area contributed by atoms with Crippen molar-refractivity contribution in [1.82, 2.24) is 0 Å². The van der Waals surface area contributed by atoms with Gasteiger partial charge in [0.15, 0.2) is 5.78 Å². The van der Waals surface area contributed by atoms with E-state index in [-0.39, 0.29) is 27.8 Å². The Morgan fingerprint density at radius 2 is 1.70 bits per heavy atom. The molecule has 0 aliphatic heterocycles. The van der Waals surface area contributed by atoms with Crippen molar-refractivity contribution in [2.45, 2.75) is 6.92 Å². The van der Waals surface area contributed by atoms with Crippen LogP contribution in [0.3, 0.4) is 0 Å². The monoisotopic (exact) mass is 336 g/mol. The molecule has 1 N–H and O–H groups in total. The summed E-state index contributed by atoms with van der Waals surface area (Å²) in [5.74, 6) is -2.66. The number of aryl methyl sites for hydroxylation is 1. The summed E-state index contributed by atoms with van der Waals surface area (Å²) in [6, 6.07) is 3.54. The molecule has 0 aliphatic carbocycles. The fraction of sp³-hybridized carbons (Fsp3) is 0.188. The fourth-order valence-electron chi connectivity index (χ4n) is 2.27. The second kappa shape index (κ2) is 6.26. The summed E-state index contributed by atoms with van der Waals surface area (Å²) in [5, 5.41) is 33.6. The first-order chi connectivity index (χ1) is 10.8. The third kappa shape index (κ3) is 2.85. The van der Waals surface area contributed by atoms with E-state index in [2.05, 4.69) is 0 Å². The number of phenols is 1. The molecule has 0 spiro atoms. The van der Waals surface area contributed by atoms with Crippen LogP contribution in [0.2, 0.25) is 5.02 Å². The molecule has 23 heavy (non-hydrogen) atoms. The van der Waals surface area contributed by atoms with Crippen molar-refractivity contribution in [3.8, 4) is 28.7 Å². The van der Waals surface area contributed by atoms with E-state index in [1.807, 2.05) is 0 Å². The van der Waals surface area contributed by atoms with Gasteiger partial charge >= 0.3 is 0 Å². The van der Waals surface area contributed by atoms with Crippen molar-refractivity contribution in [3.05, 3.63) is 39.9 Å². The molecule has 0 aromatic heterocycles. The molecule has 2 rings (SSSR count). The summed E-state index contributed by atoms with van der Waals surface area (Å²) in [4.78, 5) is 12.7. The zero-order chi connectivity index (χ0) is 17.3. The normalized spacial score (nSPS) is 10.4. The third-order valence-electron chi connectivity index (χ3n) is 3.33. The smallest absolute Gasteiger partial charge is 0.195 e. The maximum atomic E-state index is 12.7. The molecule has 0 unspecified atom stereocenters. The molecular weight excluding hydrogens is 324 g/mol. The highest BCUT2D eigenvalue weighted by Gasteiger charge is 2.21. The van der Waals surface area contributed by atoms with Gasteiger partial charge in [0.25, 0.3) is 0 Å². The Kier molecular flexibility index (Phi) is 4.56. The van der Waals surface area contributed by atoms with Crippen LogP contribution in [0.4, 0.5) is 0 Å². The number of halogens is 1. The van der Waals surface area contributed by atoms with Crippen molar-refractivity contribution in [3.63, 3.8) is 0 Å². The number of benzene rings is 2. The third-order valence-corrected chi connectivity index (χ3v) is 3.69. The predicted molar refractivity (Wildman–Crippen MR) is 79.7 cm³/mol. The first kappa shape index (κ1) is 16.8. The Labute approximate surface area is 137 Å². The van der Waals surface area contributed by atoms with Crippen LogP contribution in [0.1, 0.15) is 21.5 Å². The number of hydrogen-bond donors (Lipinski definition) is 1. The van der Waals surface area contributed by atoms with Crippen LogP contribution in [0, 0.1) is 6.92 Å². The molecule has 0 amide bonds. The molecule has 0 heterocycles. The van der Waals surface area contributed by atoms with E-state index >= 15 is 0 Å². The van der Waals surface area contributed by atoms with Crippen LogP contribution >= 0.6 is 11.6 Å². The van der Waals surface area contributed by atoms with Crippen molar-refractivity contribution < 1.29 is 29.6 Å². The molecule has 0 bridgehead atoms. The molecule has 0 saturated carbocycles. The van der Waals surface area contributed by atoms with E-state index in [1.165, 1.54) is 26.4 Å². The van der Waals surface area contributed by atoms with Gasteiger partial charge in [-0.25, -0.2) is 0 Å². The van der Waals surface area contributed by atoms with Gasteiger partial charge in [0.1, 0.15) is 17.2 Å². The summed E-state index contributed by atoms with van der Waals surface area (Å²) in [5.41, 5.74) is -0.221. The lowest BCUT2D eigenvalue weighted by Crippen LogP contribution is -2.13. The fourth-order valence-corrected chi connectivity index (χ4v) is 2.49. The lowest BCUT2D eigenvalue weighted by molar-refractivity contribution is -0.281. The minimum absolute atomic E-state index is 0.0146. The lowest BCUT2D eigenvalue weighted by atomic mass is 9.96. The van der Waals surface area contributed by atoms with Gasteiger partial charge in [0.2, 0.25) is 0 Å². The molecule has 2 aromatic carbocycles. The summed E-state index contributed by atoms with van der Waals surface area (Å²) in [6.45, 7) is 1.55. The quantitative estimate of drug-likeness (QED) is 0.853. The van der Waals surface area contributed by atoms with Gasteiger partial charge in [-0.05, 0) is 24.6 Å². The largest absolute Gasteiger partial charge is 0.872 e. The highest BCUT2D eigenvalue weighted by Crippen LogP contribution is 2.41. The molecule has 122 valence electrons. The second-order valence-corrected chi connectivity index (χ2v) is 5.14. The molecule has 6 nitrogen and oxygen atoms in total. The summed E-state index contributed by atoms with van der Waals surface area (Å²) < 4.78 is 9.89. The topological polar surface area (TPSA) is 102 Å². The number of phenolic OH excluding ortho intramolecular Hbond substituents is 1. The van der Waals surface area contributed by atoms with Crippen LogP contribution < -0.4 is 19.7 Å². The van der Waals surface area contributed by atoms with Crippen molar-refractivity contribution in [1.29, 1.82) is 0 Å².